The largest absolute Gasteiger partial charge is 0.464 e. The summed E-state index contributed by atoms with van der Waals surface area (Å²) in [6.07, 6.45) is 4.72. The number of nitrogens with zero attached hydrogens (tertiary/aromatic N) is 4. The normalized spacial score (nSPS) is 15.9. The number of hydrogen-bond acceptors (Lipinski definition) is 7. The molecule has 0 unspecified atom stereocenters. The number of aromatic nitrogens is 3. The predicted octanol–water partition coefficient (Wildman–Crippen LogP) is 1.91. The van der Waals surface area contributed by atoms with Crippen LogP contribution in [0.4, 0.5) is 11.9 Å². The van der Waals surface area contributed by atoms with Crippen LogP contribution in [0, 0.1) is 0 Å². The summed E-state index contributed by atoms with van der Waals surface area (Å²) in [4.78, 5) is 12.9. The van der Waals surface area contributed by atoms with E-state index in [1.807, 2.05) is 6.92 Å². The van der Waals surface area contributed by atoms with E-state index in [0.29, 0.717) is 24.5 Å². The zero-order chi connectivity index (χ0) is 14.2. The van der Waals surface area contributed by atoms with Crippen LogP contribution >= 0.6 is 0 Å². The van der Waals surface area contributed by atoms with Gasteiger partial charge in [0.15, 0.2) is 0 Å². The van der Waals surface area contributed by atoms with Crippen molar-refractivity contribution in [1.82, 2.24) is 20.0 Å². The first-order valence-corrected chi connectivity index (χ1v) is 7.46. The molecule has 1 aromatic rings. The maximum absolute atomic E-state index is 5.40. The molecule has 0 atom stereocenters. The molecule has 2 heterocycles. The van der Waals surface area contributed by atoms with Gasteiger partial charge in [-0.25, -0.2) is 5.01 Å². The molecule has 7 heteroatoms. The van der Waals surface area contributed by atoms with Crippen LogP contribution in [0.25, 0.3) is 0 Å². The molecule has 1 fully saturated rings. The lowest BCUT2D eigenvalue weighted by Gasteiger charge is -2.26. The lowest BCUT2D eigenvalue weighted by atomic mass is 10.2. The summed E-state index contributed by atoms with van der Waals surface area (Å²) in [5.74, 6) is 1.11. The molecule has 20 heavy (non-hydrogen) atoms. The van der Waals surface area contributed by atoms with Gasteiger partial charge in [0.2, 0.25) is 11.9 Å². The van der Waals surface area contributed by atoms with E-state index in [2.05, 4.69) is 37.6 Å². The van der Waals surface area contributed by atoms with Gasteiger partial charge in [-0.05, 0) is 26.2 Å². The number of hydrogen-bond donors (Lipinski definition) is 2. The van der Waals surface area contributed by atoms with Crippen molar-refractivity contribution < 1.29 is 4.74 Å². The third-order valence-electron chi connectivity index (χ3n) is 3.04. The lowest BCUT2D eigenvalue weighted by Crippen LogP contribution is -2.35. The van der Waals surface area contributed by atoms with Gasteiger partial charge in [-0.1, -0.05) is 13.3 Å². The highest BCUT2D eigenvalue weighted by Crippen LogP contribution is 2.14. The zero-order valence-electron chi connectivity index (χ0n) is 12.4. The van der Waals surface area contributed by atoms with Gasteiger partial charge in [0.05, 0.1) is 6.61 Å². The van der Waals surface area contributed by atoms with Gasteiger partial charge >= 0.3 is 6.01 Å². The molecule has 1 aromatic heterocycles. The molecule has 0 radical (unpaired) electrons. The van der Waals surface area contributed by atoms with Crippen LogP contribution in [0.3, 0.4) is 0 Å². The highest BCUT2D eigenvalue weighted by Gasteiger charge is 2.13. The van der Waals surface area contributed by atoms with Gasteiger partial charge in [0.25, 0.3) is 0 Å². The van der Waals surface area contributed by atoms with Crippen molar-refractivity contribution >= 4 is 11.9 Å². The fourth-order valence-corrected chi connectivity index (χ4v) is 2.06. The van der Waals surface area contributed by atoms with Crippen LogP contribution < -0.4 is 15.5 Å². The number of hydrazine groups is 1. The molecule has 2 N–H and O–H groups in total. The minimum atomic E-state index is 0.362. The number of rotatable bonds is 7. The van der Waals surface area contributed by atoms with Crippen molar-refractivity contribution in [1.29, 1.82) is 0 Å². The second kappa shape index (κ2) is 7.84. The molecule has 2 rings (SSSR count). The molecular weight excluding hydrogens is 256 g/mol. The SMILES string of the molecule is CCCNc1nc(NN2CCCCC2)nc(OCC)n1. The van der Waals surface area contributed by atoms with E-state index in [4.69, 9.17) is 4.74 Å². The maximum atomic E-state index is 5.40. The number of nitrogens with one attached hydrogen (secondary N) is 2. The van der Waals surface area contributed by atoms with Crippen molar-refractivity contribution in [2.75, 3.05) is 37.0 Å². The molecular formula is C13H24N6O. The van der Waals surface area contributed by atoms with Crippen molar-refractivity contribution in [2.24, 2.45) is 0 Å². The van der Waals surface area contributed by atoms with Gasteiger partial charge in [0.1, 0.15) is 0 Å². The van der Waals surface area contributed by atoms with E-state index in [9.17, 15) is 0 Å². The maximum Gasteiger partial charge on any atom is 0.323 e. The van der Waals surface area contributed by atoms with E-state index in [1.165, 1.54) is 19.3 Å². The Morgan fingerprint density at radius 2 is 1.80 bits per heavy atom. The fourth-order valence-electron chi connectivity index (χ4n) is 2.06. The Balaban J connectivity index is 2.06. The van der Waals surface area contributed by atoms with Crippen LogP contribution in [0.5, 0.6) is 6.01 Å². The van der Waals surface area contributed by atoms with Crippen LogP contribution in [0.2, 0.25) is 0 Å². The Morgan fingerprint density at radius 3 is 2.50 bits per heavy atom. The molecule has 0 spiro atoms. The summed E-state index contributed by atoms with van der Waals surface area (Å²) in [7, 11) is 0. The Morgan fingerprint density at radius 1 is 1.05 bits per heavy atom. The standard InChI is InChI=1S/C13H24N6O/c1-3-8-14-11-15-12(17-13(16-11)20-4-2)18-19-9-6-5-7-10-19/h3-10H2,1-2H3,(H2,14,15,16,17,18). The molecule has 1 aliphatic rings. The van der Waals surface area contributed by atoms with Crippen molar-refractivity contribution in [2.45, 2.75) is 39.5 Å². The molecule has 112 valence electrons. The van der Waals surface area contributed by atoms with Crippen LogP contribution in [-0.2, 0) is 0 Å². The van der Waals surface area contributed by atoms with E-state index >= 15 is 0 Å². The van der Waals surface area contributed by atoms with E-state index in [0.717, 1.165) is 26.1 Å². The predicted molar refractivity (Wildman–Crippen MR) is 78.8 cm³/mol. The molecule has 0 amide bonds. The number of ether oxygens (including phenoxy) is 1. The van der Waals surface area contributed by atoms with Gasteiger partial charge in [-0.15, -0.1) is 0 Å². The summed E-state index contributed by atoms with van der Waals surface area (Å²) in [6.45, 7) is 7.44. The molecule has 0 bridgehead atoms. The smallest absolute Gasteiger partial charge is 0.323 e. The highest BCUT2D eigenvalue weighted by atomic mass is 16.5. The minimum Gasteiger partial charge on any atom is -0.464 e. The van der Waals surface area contributed by atoms with E-state index in [1.54, 1.807) is 0 Å². The minimum absolute atomic E-state index is 0.362. The Bertz CT molecular complexity index is 408. The Kier molecular flexibility index (Phi) is 5.79. The van der Waals surface area contributed by atoms with Crippen molar-refractivity contribution in [3.05, 3.63) is 0 Å². The van der Waals surface area contributed by atoms with Gasteiger partial charge in [-0.3, -0.25) is 5.43 Å². The third-order valence-corrected chi connectivity index (χ3v) is 3.04. The first kappa shape index (κ1) is 14.8. The summed E-state index contributed by atoms with van der Waals surface area (Å²) in [5.41, 5.74) is 3.25. The quantitative estimate of drug-likeness (QED) is 0.790. The highest BCUT2D eigenvalue weighted by molar-refractivity contribution is 5.35. The van der Waals surface area contributed by atoms with Crippen molar-refractivity contribution in [3.63, 3.8) is 0 Å². The lowest BCUT2D eigenvalue weighted by molar-refractivity contribution is 0.269. The Hall–Kier alpha value is -1.63. The first-order valence-electron chi connectivity index (χ1n) is 7.46. The first-order chi connectivity index (χ1) is 9.81. The monoisotopic (exact) mass is 280 g/mol. The summed E-state index contributed by atoms with van der Waals surface area (Å²) < 4.78 is 5.40. The number of anilines is 2. The molecule has 0 aliphatic carbocycles. The van der Waals surface area contributed by atoms with Gasteiger partial charge in [0, 0.05) is 19.6 Å². The second-order valence-corrected chi connectivity index (χ2v) is 4.78. The van der Waals surface area contributed by atoms with E-state index in [-0.39, 0.29) is 0 Å². The van der Waals surface area contributed by atoms with E-state index < -0.39 is 0 Å². The second-order valence-electron chi connectivity index (χ2n) is 4.78. The molecule has 0 saturated carbocycles. The zero-order valence-corrected chi connectivity index (χ0v) is 12.4. The average Bonchev–Trinajstić information content (AvgIpc) is 2.46. The van der Waals surface area contributed by atoms with Crippen molar-refractivity contribution in [3.8, 4) is 6.01 Å². The summed E-state index contributed by atoms with van der Waals surface area (Å²) in [5, 5.41) is 5.32. The van der Waals surface area contributed by atoms with Crippen LogP contribution in [-0.4, -0.2) is 46.2 Å². The molecule has 1 saturated heterocycles. The summed E-state index contributed by atoms with van der Waals surface area (Å²) in [6, 6.07) is 0.362. The van der Waals surface area contributed by atoms with Crippen LogP contribution in [0.1, 0.15) is 39.5 Å². The topological polar surface area (TPSA) is 75.2 Å². The third kappa shape index (κ3) is 4.48. The van der Waals surface area contributed by atoms with Crippen LogP contribution in [0.15, 0.2) is 0 Å². The molecule has 1 aliphatic heterocycles. The molecule has 0 aromatic carbocycles. The van der Waals surface area contributed by atoms with Gasteiger partial charge < -0.3 is 10.1 Å². The number of piperidine rings is 1. The van der Waals surface area contributed by atoms with Gasteiger partial charge in [-0.2, -0.15) is 15.0 Å². The average molecular weight is 280 g/mol. The fraction of sp³-hybridized carbons (Fsp3) is 0.769. The Labute approximate surface area is 120 Å². The molecule has 7 nitrogen and oxygen atoms in total. The summed E-state index contributed by atoms with van der Waals surface area (Å²) >= 11 is 0.